The number of rotatable bonds is 2. The van der Waals surface area contributed by atoms with Crippen molar-refractivity contribution in [2.45, 2.75) is 38.6 Å². The van der Waals surface area contributed by atoms with Crippen molar-refractivity contribution in [2.75, 3.05) is 0 Å². The Kier molecular flexibility index (Phi) is 3.33. The lowest BCUT2D eigenvalue weighted by Gasteiger charge is -2.19. The minimum atomic E-state index is -0.00418. The number of benzene rings is 1. The van der Waals surface area contributed by atoms with E-state index in [0.29, 0.717) is 0 Å². The van der Waals surface area contributed by atoms with Crippen molar-refractivity contribution in [3.8, 4) is 0 Å². The third kappa shape index (κ3) is 3.15. The summed E-state index contributed by atoms with van der Waals surface area (Å²) < 4.78 is 0. The maximum absolute atomic E-state index is 5.64. The predicted octanol–water partition coefficient (Wildman–Crippen LogP) is 2.69. The summed E-state index contributed by atoms with van der Waals surface area (Å²) in [6, 6.07) is 8.64. The summed E-state index contributed by atoms with van der Waals surface area (Å²) in [6.45, 7) is 10.4. The van der Waals surface area contributed by atoms with Gasteiger partial charge in [-0.3, -0.25) is 0 Å². The first kappa shape index (κ1) is 11.3. The van der Waals surface area contributed by atoms with Gasteiger partial charge in [0.05, 0.1) is 0 Å². The average Bonchev–Trinajstić information content (AvgIpc) is 2.02. The zero-order chi connectivity index (χ0) is 10.8. The molecule has 0 saturated heterocycles. The van der Waals surface area contributed by atoms with Crippen LogP contribution in [-0.4, -0.2) is 6.04 Å². The van der Waals surface area contributed by atoms with Crippen LogP contribution < -0.4 is 5.73 Å². The molecular weight excluding hydrogens is 170 g/mol. The Balaban J connectivity index is 2.79. The second kappa shape index (κ2) is 4.14. The molecule has 1 aromatic carbocycles. The largest absolute Gasteiger partial charge is 0.327 e. The monoisotopic (exact) mass is 190 g/mol. The van der Waals surface area contributed by atoms with Gasteiger partial charge in [0.2, 0.25) is 0 Å². The lowest BCUT2D eigenvalue weighted by atomic mass is 9.86. The molecular formula is C13H20N. The fourth-order valence-electron chi connectivity index (χ4n) is 1.44. The fraction of sp³-hybridized carbons (Fsp3) is 0.462. The summed E-state index contributed by atoms with van der Waals surface area (Å²) in [5.74, 6) is 0. The normalized spacial score (nSPS) is 14.1. The van der Waals surface area contributed by atoms with E-state index in [4.69, 9.17) is 5.73 Å². The molecule has 2 N–H and O–H groups in total. The Morgan fingerprint density at radius 2 is 1.71 bits per heavy atom. The highest BCUT2D eigenvalue weighted by molar-refractivity contribution is 5.27. The van der Waals surface area contributed by atoms with Crippen LogP contribution in [0.25, 0.3) is 0 Å². The molecule has 0 aliphatic carbocycles. The van der Waals surface area contributed by atoms with E-state index in [1.807, 2.05) is 0 Å². The fourth-order valence-corrected chi connectivity index (χ4v) is 1.44. The number of nitrogens with two attached hydrogens (primary N) is 1. The summed E-state index contributed by atoms with van der Waals surface area (Å²) in [6.07, 6.45) is 0.852. The topological polar surface area (TPSA) is 26.0 Å². The summed E-state index contributed by atoms with van der Waals surface area (Å²) in [4.78, 5) is 0. The van der Waals surface area contributed by atoms with Gasteiger partial charge >= 0.3 is 0 Å². The summed E-state index contributed by atoms with van der Waals surface area (Å²) in [5.41, 5.74) is 8.49. The summed E-state index contributed by atoms with van der Waals surface area (Å²) in [7, 11) is 0. The van der Waals surface area contributed by atoms with Gasteiger partial charge in [-0.1, -0.05) is 45.0 Å². The van der Waals surface area contributed by atoms with E-state index in [2.05, 4.69) is 52.0 Å². The van der Waals surface area contributed by atoms with Gasteiger partial charge in [0.25, 0.3) is 0 Å². The standard InChI is InChI=1S/C13H20N/c1-10(14)9-11-5-7-12(8-6-11)13(2,3)4/h5-8,10H,1,9,14H2,2-4H3. The van der Waals surface area contributed by atoms with Crippen LogP contribution in [-0.2, 0) is 11.8 Å². The minimum absolute atomic E-state index is 0.00418. The molecule has 77 valence electrons. The zero-order valence-electron chi connectivity index (χ0n) is 9.38. The van der Waals surface area contributed by atoms with Gasteiger partial charge in [0.1, 0.15) is 0 Å². The van der Waals surface area contributed by atoms with E-state index < -0.39 is 0 Å². The molecule has 0 spiro atoms. The quantitative estimate of drug-likeness (QED) is 0.762. The molecule has 0 aliphatic heterocycles. The molecule has 1 rings (SSSR count). The second-order valence-electron chi connectivity index (χ2n) is 4.91. The molecule has 1 unspecified atom stereocenters. The van der Waals surface area contributed by atoms with Crippen molar-refractivity contribution >= 4 is 0 Å². The van der Waals surface area contributed by atoms with E-state index >= 15 is 0 Å². The zero-order valence-corrected chi connectivity index (χ0v) is 9.38. The summed E-state index contributed by atoms with van der Waals surface area (Å²) in [5, 5.41) is 0. The van der Waals surface area contributed by atoms with Crippen LogP contribution in [0.15, 0.2) is 24.3 Å². The molecule has 0 fully saturated rings. The first-order valence-electron chi connectivity index (χ1n) is 5.07. The Morgan fingerprint density at radius 3 is 2.07 bits per heavy atom. The van der Waals surface area contributed by atoms with E-state index in [-0.39, 0.29) is 11.5 Å². The molecule has 14 heavy (non-hydrogen) atoms. The molecule has 1 heteroatoms. The van der Waals surface area contributed by atoms with Crippen LogP contribution in [0.4, 0.5) is 0 Å². The smallest absolute Gasteiger partial charge is 0.00799 e. The van der Waals surface area contributed by atoms with Gasteiger partial charge in [0, 0.05) is 6.04 Å². The predicted molar refractivity (Wildman–Crippen MR) is 62.2 cm³/mol. The van der Waals surface area contributed by atoms with Gasteiger partial charge in [-0.15, -0.1) is 0 Å². The molecule has 0 aliphatic rings. The lowest BCUT2D eigenvalue weighted by Crippen LogP contribution is -2.18. The second-order valence-corrected chi connectivity index (χ2v) is 4.91. The van der Waals surface area contributed by atoms with E-state index in [1.54, 1.807) is 0 Å². The Bertz CT molecular complexity index is 277. The number of hydrogen-bond acceptors (Lipinski definition) is 1. The molecule has 0 saturated carbocycles. The molecule has 0 heterocycles. The van der Waals surface area contributed by atoms with Crippen molar-refractivity contribution in [1.29, 1.82) is 0 Å². The van der Waals surface area contributed by atoms with Crippen LogP contribution in [0.3, 0.4) is 0 Å². The van der Waals surface area contributed by atoms with E-state index in [9.17, 15) is 0 Å². The molecule has 1 aromatic rings. The highest BCUT2D eigenvalue weighted by atomic mass is 14.6. The molecule has 1 radical (unpaired) electrons. The van der Waals surface area contributed by atoms with Crippen LogP contribution in [0, 0.1) is 6.92 Å². The average molecular weight is 190 g/mol. The van der Waals surface area contributed by atoms with E-state index in [1.165, 1.54) is 11.1 Å². The third-order valence-electron chi connectivity index (χ3n) is 2.32. The maximum Gasteiger partial charge on any atom is 0.00799 e. The van der Waals surface area contributed by atoms with Crippen molar-refractivity contribution in [2.24, 2.45) is 5.73 Å². The van der Waals surface area contributed by atoms with Gasteiger partial charge in [0.15, 0.2) is 0 Å². The minimum Gasteiger partial charge on any atom is -0.327 e. The van der Waals surface area contributed by atoms with Crippen molar-refractivity contribution in [3.05, 3.63) is 42.3 Å². The molecule has 1 atom stereocenters. The Hall–Kier alpha value is -0.820. The van der Waals surface area contributed by atoms with Crippen LogP contribution in [0.2, 0.25) is 0 Å². The van der Waals surface area contributed by atoms with Crippen LogP contribution >= 0.6 is 0 Å². The maximum atomic E-state index is 5.64. The van der Waals surface area contributed by atoms with Crippen molar-refractivity contribution in [1.82, 2.24) is 0 Å². The highest BCUT2D eigenvalue weighted by Crippen LogP contribution is 2.22. The van der Waals surface area contributed by atoms with Crippen molar-refractivity contribution in [3.63, 3.8) is 0 Å². The third-order valence-corrected chi connectivity index (χ3v) is 2.32. The molecule has 0 aromatic heterocycles. The molecule has 1 nitrogen and oxygen atoms in total. The van der Waals surface area contributed by atoms with Crippen LogP contribution in [0.5, 0.6) is 0 Å². The van der Waals surface area contributed by atoms with Gasteiger partial charge in [-0.25, -0.2) is 0 Å². The van der Waals surface area contributed by atoms with Crippen molar-refractivity contribution < 1.29 is 0 Å². The van der Waals surface area contributed by atoms with Gasteiger partial charge in [-0.05, 0) is 29.9 Å². The van der Waals surface area contributed by atoms with E-state index in [0.717, 1.165) is 6.42 Å². The Morgan fingerprint density at radius 1 is 1.21 bits per heavy atom. The summed E-state index contributed by atoms with van der Waals surface area (Å²) >= 11 is 0. The molecule has 0 bridgehead atoms. The Labute approximate surface area is 87.3 Å². The van der Waals surface area contributed by atoms with Crippen LogP contribution in [0.1, 0.15) is 31.9 Å². The van der Waals surface area contributed by atoms with Gasteiger partial charge < -0.3 is 5.73 Å². The number of hydrogen-bond donors (Lipinski definition) is 1. The molecule has 0 amide bonds. The lowest BCUT2D eigenvalue weighted by molar-refractivity contribution is 0.590. The SMILES string of the molecule is [CH2]C(N)Cc1ccc(C(C)(C)C)cc1. The highest BCUT2D eigenvalue weighted by Gasteiger charge is 2.12. The van der Waals surface area contributed by atoms with Gasteiger partial charge in [-0.2, -0.15) is 0 Å². The first-order chi connectivity index (χ1) is 6.39. The first-order valence-corrected chi connectivity index (χ1v) is 5.07.